The van der Waals surface area contributed by atoms with Crippen LogP contribution in [0.5, 0.6) is 0 Å². The van der Waals surface area contributed by atoms with E-state index in [1.807, 2.05) is 51.1 Å². The molecule has 0 aliphatic carbocycles. The molecule has 0 unspecified atom stereocenters. The summed E-state index contributed by atoms with van der Waals surface area (Å²) in [5.74, 6) is 0.355. The van der Waals surface area contributed by atoms with Gasteiger partial charge in [0.15, 0.2) is 0 Å². The Balaban J connectivity index is 1.83. The Labute approximate surface area is 174 Å². The predicted molar refractivity (Wildman–Crippen MR) is 114 cm³/mol. The number of imidazole rings is 1. The second kappa shape index (κ2) is 8.77. The maximum Gasteiger partial charge on any atom is 0.417 e. The molecule has 0 fully saturated rings. The monoisotopic (exact) mass is 408 g/mol. The van der Waals surface area contributed by atoms with Gasteiger partial charge in [-0.05, 0) is 44.9 Å². The number of aromatic nitrogens is 2. The number of nitrogens with zero attached hydrogens (tertiary/aromatic N) is 3. The molecule has 2 aromatic carbocycles. The molecule has 3 rings (SSSR count). The molecule has 1 heterocycles. The van der Waals surface area contributed by atoms with Crippen LogP contribution in [0.2, 0.25) is 0 Å². The first-order chi connectivity index (χ1) is 14.2. The van der Waals surface area contributed by atoms with Gasteiger partial charge in [-0.15, -0.1) is 0 Å². The molecule has 8 heteroatoms. The predicted octanol–water partition coefficient (Wildman–Crippen LogP) is 4.97. The van der Waals surface area contributed by atoms with E-state index in [4.69, 9.17) is 4.74 Å². The minimum absolute atomic E-state index is 0.0109. The summed E-state index contributed by atoms with van der Waals surface area (Å²) >= 11 is 0. The van der Waals surface area contributed by atoms with Gasteiger partial charge in [0.2, 0.25) is 5.95 Å². The number of ether oxygens (including phenoxy) is 1. The van der Waals surface area contributed by atoms with Gasteiger partial charge in [0.25, 0.3) is 5.69 Å². The quantitative estimate of drug-likeness (QED) is 0.458. The first-order valence-electron chi connectivity index (χ1n) is 9.57. The number of rotatable bonds is 6. The third-order valence-corrected chi connectivity index (χ3v) is 4.29. The molecule has 1 amide bonds. The Morgan fingerprint density at radius 1 is 1.13 bits per heavy atom. The lowest BCUT2D eigenvalue weighted by atomic mass is 10.1. The van der Waals surface area contributed by atoms with Crippen LogP contribution in [-0.4, -0.2) is 33.1 Å². The highest BCUT2D eigenvalue weighted by Gasteiger charge is 2.25. The van der Waals surface area contributed by atoms with Crippen molar-refractivity contribution in [2.24, 2.45) is 0 Å². The maximum absolute atomic E-state index is 12.8. The molecule has 1 aromatic heterocycles. The zero-order valence-electron chi connectivity index (χ0n) is 17.2. The number of carbonyl (C=O) groups is 1. The number of amides is 1. The summed E-state index contributed by atoms with van der Waals surface area (Å²) in [6.07, 6.45) is 1.73. The second-order valence-electron chi connectivity index (χ2n) is 7.79. The zero-order valence-corrected chi connectivity index (χ0v) is 17.2. The lowest BCUT2D eigenvalue weighted by Gasteiger charge is -2.26. The normalized spacial score (nSPS) is 11.2. The van der Waals surface area contributed by atoms with Gasteiger partial charge in [-0.3, -0.25) is 10.1 Å². The van der Waals surface area contributed by atoms with Crippen molar-refractivity contribution in [3.63, 3.8) is 0 Å². The summed E-state index contributed by atoms with van der Waals surface area (Å²) in [6, 6.07) is 16.0. The average Bonchev–Trinajstić information content (AvgIpc) is 3.17. The molecule has 0 aliphatic heterocycles. The van der Waals surface area contributed by atoms with Crippen molar-refractivity contribution in [3.8, 4) is 11.3 Å². The van der Waals surface area contributed by atoms with Gasteiger partial charge in [-0.25, -0.2) is 14.7 Å². The maximum atomic E-state index is 12.8. The highest BCUT2D eigenvalue weighted by atomic mass is 16.6. The fourth-order valence-corrected chi connectivity index (χ4v) is 2.84. The Hall–Kier alpha value is -3.68. The smallest absolute Gasteiger partial charge is 0.417 e. The minimum atomic E-state index is -0.643. The number of nitrogens with one attached hydrogen (secondary N) is 1. The molecular formula is C22H24N4O4. The molecule has 8 nitrogen and oxygen atoms in total. The molecule has 0 atom stereocenters. The first kappa shape index (κ1) is 21.0. The first-order valence-corrected chi connectivity index (χ1v) is 9.57. The largest absolute Gasteiger partial charge is 0.443 e. The second-order valence-corrected chi connectivity index (χ2v) is 7.79. The summed E-state index contributed by atoms with van der Waals surface area (Å²) in [6.45, 7) is 5.81. The van der Waals surface area contributed by atoms with Crippen molar-refractivity contribution in [1.82, 2.24) is 9.97 Å². The standard InChI is InChI=1S/C22H24N4O4/c1-22(2,3)30-21(27)25(14-13-16-7-5-4-6-8-16)20-23-15-19(24-20)17-9-11-18(12-10-17)26(28)29/h4-12,15H,13-14H2,1-3H3,(H,23,24). The lowest BCUT2D eigenvalue weighted by molar-refractivity contribution is -0.384. The van der Waals surface area contributed by atoms with Crippen molar-refractivity contribution < 1.29 is 14.5 Å². The van der Waals surface area contributed by atoms with E-state index >= 15 is 0 Å². The number of nitro benzene ring substituents is 1. The average molecular weight is 408 g/mol. The third kappa shape index (κ3) is 5.44. The van der Waals surface area contributed by atoms with Gasteiger partial charge >= 0.3 is 6.09 Å². The van der Waals surface area contributed by atoms with Crippen LogP contribution in [0, 0.1) is 10.1 Å². The molecule has 3 aromatic rings. The zero-order chi connectivity index (χ0) is 21.7. The number of nitro groups is 1. The fourth-order valence-electron chi connectivity index (χ4n) is 2.84. The van der Waals surface area contributed by atoms with Gasteiger partial charge in [0.1, 0.15) is 5.60 Å². The molecule has 0 radical (unpaired) electrons. The van der Waals surface area contributed by atoms with Crippen molar-refractivity contribution >= 4 is 17.7 Å². The van der Waals surface area contributed by atoms with E-state index in [1.54, 1.807) is 18.3 Å². The Bertz CT molecular complexity index is 1010. The van der Waals surface area contributed by atoms with E-state index in [0.717, 1.165) is 11.1 Å². The SMILES string of the molecule is CC(C)(C)OC(=O)N(CCc1ccccc1)c1ncc(-c2ccc([N+](=O)[O-])cc2)[nH]1. The molecule has 0 spiro atoms. The molecule has 156 valence electrons. The van der Waals surface area contributed by atoms with Gasteiger partial charge in [-0.2, -0.15) is 0 Å². The van der Waals surface area contributed by atoms with Crippen LogP contribution in [0.1, 0.15) is 26.3 Å². The highest BCUT2D eigenvalue weighted by molar-refractivity contribution is 5.86. The van der Waals surface area contributed by atoms with Crippen molar-refractivity contribution in [3.05, 3.63) is 76.5 Å². The molecule has 0 aliphatic rings. The fraction of sp³-hybridized carbons (Fsp3) is 0.273. The van der Waals surface area contributed by atoms with Gasteiger partial charge in [0, 0.05) is 24.2 Å². The molecule has 0 saturated carbocycles. The summed E-state index contributed by atoms with van der Waals surface area (Å²) in [4.78, 5) is 32.2. The Morgan fingerprint density at radius 2 is 1.80 bits per heavy atom. The Kier molecular flexibility index (Phi) is 6.15. The number of hydrogen-bond donors (Lipinski definition) is 1. The van der Waals surface area contributed by atoms with Crippen LogP contribution in [0.15, 0.2) is 60.8 Å². The number of hydrogen-bond acceptors (Lipinski definition) is 5. The van der Waals surface area contributed by atoms with Crippen LogP contribution >= 0.6 is 0 Å². The highest BCUT2D eigenvalue weighted by Crippen LogP contribution is 2.24. The molecule has 0 bridgehead atoms. The van der Waals surface area contributed by atoms with Crippen LogP contribution in [0.3, 0.4) is 0 Å². The summed E-state index contributed by atoms with van der Waals surface area (Å²) in [5, 5.41) is 10.8. The van der Waals surface area contributed by atoms with E-state index in [2.05, 4.69) is 9.97 Å². The van der Waals surface area contributed by atoms with E-state index in [-0.39, 0.29) is 5.69 Å². The lowest BCUT2D eigenvalue weighted by Crippen LogP contribution is -2.38. The van der Waals surface area contributed by atoms with Crippen molar-refractivity contribution in [2.45, 2.75) is 32.8 Å². The van der Waals surface area contributed by atoms with Gasteiger partial charge < -0.3 is 9.72 Å². The van der Waals surface area contributed by atoms with Crippen LogP contribution in [0.4, 0.5) is 16.4 Å². The summed E-state index contributed by atoms with van der Waals surface area (Å²) in [5.41, 5.74) is 1.83. The van der Waals surface area contributed by atoms with E-state index in [9.17, 15) is 14.9 Å². The molecule has 1 N–H and O–H groups in total. The van der Waals surface area contributed by atoms with E-state index < -0.39 is 16.6 Å². The molecule has 0 saturated heterocycles. The van der Waals surface area contributed by atoms with Crippen LogP contribution in [-0.2, 0) is 11.2 Å². The number of benzene rings is 2. The number of aromatic amines is 1. The Morgan fingerprint density at radius 3 is 2.40 bits per heavy atom. The van der Waals surface area contributed by atoms with Gasteiger partial charge in [0.05, 0.1) is 16.8 Å². The molecular weight excluding hydrogens is 384 g/mol. The van der Waals surface area contributed by atoms with Crippen molar-refractivity contribution in [2.75, 3.05) is 11.4 Å². The number of H-pyrrole nitrogens is 1. The minimum Gasteiger partial charge on any atom is -0.443 e. The summed E-state index contributed by atoms with van der Waals surface area (Å²) < 4.78 is 5.55. The van der Waals surface area contributed by atoms with Crippen molar-refractivity contribution in [1.29, 1.82) is 0 Å². The number of non-ortho nitro benzene ring substituents is 1. The van der Waals surface area contributed by atoms with E-state index in [1.165, 1.54) is 17.0 Å². The number of carbonyl (C=O) groups excluding carboxylic acids is 1. The third-order valence-electron chi connectivity index (χ3n) is 4.29. The van der Waals surface area contributed by atoms with E-state index in [0.29, 0.717) is 24.6 Å². The summed E-state index contributed by atoms with van der Waals surface area (Å²) in [7, 11) is 0. The number of anilines is 1. The van der Waals surface area contributed by atoms with Gasteiger partial charge in [-0.1, -0.05) is 30.3 Å². The van der Waals surface area contributed by atoms with Crippen LogP contribution < -0.4 is 4.90 Å². The topological polar surface area (TPSA) is 101 Å². The van der Waals surface area contributed by atoms with Crippen LogP contribution in [0.25, 0.3) is 11.3 Å². The molecule has 30 heavy (non-hydrogen) atoms.